The van der Waals surface area contributed by atoms with E-state index in [-0.39, 0.29) is 47.9 Å². The van der Waals surface area contributed by atoms with Crippen LogP contribution in [0.5, 0.6) is 0 Å². The molecule has 2 N–H and O–H groups in total. The Kier molecular flexibility index (Phi) is 10.9. The van der Waals surface area contributed by atoms with Gasteiger partial charge in [0.15, 0.2) is 5.78 Å². The molecule has 2 aliphatic carbocycles. The fourth-order valence-electron chi connectivity index (χ4n) is 8.68. The number of hydrogen-bond acceptors (Lipinski definition) is 7. The van der Waals surface area contributed by atoms with Crippen LogP contribution in [0.2, 0.25) is 0 Å². The van der Waals surface area contributed by atoms with Gasteiger partial charge in [0.25, 0.3) is 5.91 Å². The quantitative estimate of drug-likeness (QED) is 0.264. The average Bonchev–Trinajstić information content (AvgIpc) is 3.06. The molecule has 0 radical (unpaired) electrons. The van der Waals surface area contributed by atoms with E-state index >= 15 is 4.39 Å². The number of halogens is 1. The van der Waals surface area contributed by atoms with Gasteiger partial charge >= 0.3 is 0 Å². The third-order valence-electron chi connectivity index (χ3n) is 10.9. The Bertz CT molecular complexity index is 1170. The molecular weight excluding hydrogens is 571 g/mol. The van der Waals surface area contributed by atoms with Crippen LogP contribution in [0.1, 0.15) is 83.1 Å². The number of carbonyl (C=O) groups excluding carboxylic acids is 2. The third kappa shape index (κ3) is 7.16. The van der Waals surface area contributed by atoms with Crippen LogP contribution < -0.4 is 10.6 Å². The fourth-order valence-corrected chi connectivity index (χ4v) is 8.68. The van der Waals surface area contributed by atoms with Crippen LogP contribution in [-0.4, -0.2) is 103 Å². The van der Waals surface area contributed by atoms with Crippen molar-refractivity contribution in [3.05, 3.63) is 47.7 Å². The molecule has 1 aromatic carbocycles. The second-order valence-electron chi connectivity index (χ2n) is 13.9. The Morgan fingerprint density at radius 1 is 1.07 bits per heavy atom. The molecule has 9 heteroatoms. The van der Waals surface area contributed by atoms with Gasteiger partial charge in [-0.15, -0.1) is 0 Å². The van der Waals surface area contributed by atoms with Crippen LogP contribution in [0, 0.1) is 5.92 Å². The third-order valence-corrected chi connectivity index (χ3v) is 10.9. The molecule has 4 fully saturated rings. The van der Waals surface area contributed by atoms with Crippen molar-refractivity contribution in [1.29, 1.82) is 0 Å². The van der Waals surface area contributed by atoms with Crippen molar-refractivity contribution in [1.82, 2.24) is 20.4 Å². The first-order valence-corrected chi connectivity index (χ1v) is 17.7. The van der Waals surface area contributed by atoms with Crippen molar-refractivity contribution in [3.8, 4) is 0 Å². The topological polar surface area (TPSA) is 83.1 Å². The molecule has 3 aliphatic heterocycles. The summed E-state index contributed by atoms with van der Waals surface area (Å²) in [4.78, 5) is 32.5. The van der Waals surface area contributed by atoms with Crippen molar-refractivity contribution >= 4 is 11.7 Å². The second kappa shape index (κ2) is 15.1. The summed E-state index contributed by atoms with van der Waals surface area (Å²) in [6, 6.07) is 9.92. The highest BCUT2D eigenvalue weighted by Crippen LogP contribution is 2.48. The van der Waals surface area contributed by atoms with Gasteiger partial charge in [-0.25, -0.2) is 4.39 Å². The van der Waals surface area contributed by atoms with E-state index in [2.05, 4.69) is 58.5 Å². The first-order chi connectivity index (χ1) is 22.0. The molecule has 8 atom stereocenters. The first-order valence-electron chi connectivity index (χ1n) is 17.7. The monoisotopic (exact) mass is 624 g/mol. The largest absolute Gasteiger partial charge is 0.379 e. The lowest BCUT2D eigenvalue weighted by atomic mass is 9.68. The number of benzene rings is 1. The Labute approximate surface area is 268 Å². The Morgan fingerprint density at radius 3 is 2.56 bits per heavy atom. The molecule has 2 saturated carbocycles. The van der Waals surface area contributed by atoms with E-state index in [1.807, 2.05) is 12.3 Å². The van der Waals surface area contributed by atoms with Gasteiger partial charge in [0.05, 0.1) is 49.1 Å². The molecule has 6 rings (SSSR count). The maximum Gasteiger partial charge on any atom is 0.256 e. The molecule has 3 heterocycles. The molecule has 8 unspecified atom stereocenters. The minimum absolute atomic E-state index is 0.0313. The highest BCUT2D eigenvalue weighted by Gasteiger charge is 2.59. The zero-order chi connectivity index (χ0) is 31.3. The number of amides is 1. The summed E-state index contributed by atoms with van der Waals surface area (Å²) in [6.07, 6.45) is 7.56. The molecule has 5 aliphatic rings. The molecule has 2 saturated heterocycles. The van der Waals surface area contributed by atoms with Gasteiger partial charge in [0.1, 0.15) is 6.17 Å². The maximum absolute atomic E-state index is 16.1. The summed E-state index contributed by atoms with van der Waals surface area (Å²) in [5.41, 5.74) is 1.51. The zero-order valence-electron chi connectivity index (χ0n) is 27.2. The number of carbonyl (C=O) groups is 2. The van der Waals surface area contributed by atoms with Crippen LogP contribution >= 0.6 is 0 Å². The Morgan fingerprint density at radius 2 is 1.82 bits per heavy atom. The van der Waals surface area contributed by atoms with E-state index in [0.717, 1.165) is 84.2 Å². The van der Waals surface area contributed by atoms with E-state index in [9.17, 15) is 9.59 Å². The highest BCUT2D eigenvalue weighted by molar-refractivity contribution is 6.20. The van der Waals surface area contributed by atoms with Gasteiger partial charge in [0, 0.05) is 31.2 Å². The van der Waals surface area contributed by atoms with E-state index in [1.165, 1.54) is 5.56 Å². The zero-order valence-corrected chi connectivity index (χ0v) is 27.2. The predicted molar refractivity (Wildman–Crippen MR) is 173 cm³/mol. The molecule has 0 spiro atoms. The summed E-state index contributed by atoms with van der Waals surface area (Å²) in [5, 5.41) is 6.71. The number of nitrogens with zero attached hydrogens (tertiary/aromatic N) is 2. The van der Waals surface area contributed by atoms with E-state index < -0.39 is 24.2 Å². The van der Waals surface area contributed by atoms with Crippen LogP contribution in [0.15, 0.2) is 42.1 Å². The number of ether oxygens (including phenoxy) is 2. The lowest BCUT2D eigenvalue weighted by Crippen LogP contribution is -2.73. The van der Waals surface area contributed by atoms with Crippen molar-refractivity contribution in [2.75, 3.05) is 39.4 Å². The molecule has 1 amide bonds. The van der Waals surface area contributed by atoms with E-state index in [0.29, 0.717) is 12.5 Å². The van der Waals surface area contributed by atoms with E-state index in [4.69, 9.17) is 9.47 Å². The number of fused-ring (bicyclic) bond motifs is 2. The van der Waals surface area contributed by atoms with Crippen molar-refractivity contribution < 1.29 is 23.5 Å². The average molecular weight is 625 g/mol. The van der Waals surface area contributed by atoms with Gasteiger partial charge in [0.2, 0.25) is 0 Å². The first kappa shape index (κ1) is 32.6. The van der Waals surface area contributed by atoms with Crippen molar-refractivity contribution in [2.45, 2.75) is 120 Å². The SMILES string of the molecule is CCCC(CCC)NC(=O)C1=CN2C3CC(c4ccccc4)CCC3OC3C(NCCCN4CCOCC4)C(F)CC(C1=O)C32. The summed E-state index contributed by atoms with van der Waals surface area (Å²) in [7, 11) is 0. The maximum atomic E-state index is 16.1. The fraction of sp³-hybridized carbons (Fsp3) is 0.722. The number of Topliss-reactive ketones (excluding diaryl/α,β-unsaturated/α-hetero) is 1. The highest BCUT2D eigenvalue weighted by atomic mass is 19.1. The summed E-state index contributed by atoms with van der Waals surface area (Å²) >= 11 is 0. The molecule has 45 heavy (non-hydrogen) atoms. The standard InChI is InChI=1S/C36H53FN4O4/c1-3-9-26(10-4-2)39-36(43)28-23-41-30-21-25(24-11-6-5-7-12-24)13-14-31(30)45-35-32(29(37)22-27(33(35)41)34(28)42)38-15-8-16-40-17-19-44-20-18-40/h5-7,11-12,23,25-27,29-33,35,38H,3-4,8-10,13-22H2,1-2H3,(H,39,43). The number of morpholine rings is 2. The number of hydrogen-bond donors (Lipinski definition) is 2. The van der Waals surface area contributed by atoms with Crippen LogP contribution in [0.25, 0.3) is 0 Å². The molecule has 0 bridgehead atoms. The van der Waals surface area contributed by atoms with Gasteiger partial charge in [-0.2, -0.15) is 0 Å². The number of ketones is 1. The molecule has 0 aromatic heterocycles. The Hall–Kier alpha value is -2.33. The normalized spacial score (nSPS) is 33.4. The molecule has 1 aromatic rings. The van der Waals surface area contributed by atoms with Crippen LogP contribution in [0.3, 0.4) is 0 Å². The molecule has 248 valence electrons. The van der Waals surface area contributed by atoms with Gasteiger partial charge in [-0.1, -0.05) is 57.0 Å². The molecule has 8 nitrogen and oxygen atoms in total. The number of nitrogens with one attached hydrogen (secondary N) is 2. The van der Waals surface area contributed by atoms with Crippen molar-refractivity contribution in [3.63, 3.8) is 0 Å². The smallest absolute Gasteiger partial charge is 0.256 e. The minimum atomic E-state index is -1.22. The lowest BCUT2D eigenvalue weighted by molar-refractivity contribution is -0.198. The van der Waals surface area contributed by atoms with Gasteiger partial charge in [-0.05, 0) is 69.5 Å². The van der Waals surface area contributed by atoms with Gasteiger partial charge < -0.3 is 25.0 Å². The summed E-state index contributed by atoms with van der Waals surface area (Å²) in [6.45, 7) is 9.28. The summed E-state index contributed by atoms with van der Waals surface area (Å²) < 4.78 is 28.5. The number of rotatable bonds is 12. The lowest BCUT2D eigenvalue weighted by Gasteiger charge is -2.59. The summed E-state index contributed by atoms with van der Waals surface area (Å²) in [5.74, 6) is -0.758. The minimum Gasteiger partial charge on any atom is -0.379 e. The van der Waals surface area contributed by atoms with Gasteiger partial charge in [-0.3, -0.25) is 14.5 Å². The van der Waals surface area contributed by atoms with Crippen molar-refractivity contribution in [2.24, 2.45) is 5.92 Å². The predicted octanol–water partition coefficient (Wildman–Crippen LogP) is 4.35. The number of alkyl halides is 1. The van der Waals surface area contributed by atoms with Crippen LogP contribution in [-0.2, 0) is 19.1 Å². The molecular formula is C36H53FN4O4. The van der Waals surface area contributed by atoms with Crippen LogP contribution in [0.4, 0.5) is 4.39 Å². The Balaban J connectivity index is 1.24. The van der Waals surface area contributed by atoms with E-state index in [1.54, 1.807) is 0 Å². The second-order valence-corrected chi connectivity index (χ2v) is 13.9.